The maximum absolute atomic E-state index is 10.6. The van der Waals surface area contributed by atoms with E-state index in [0.717, 1.165) is 59.0 Å². The van der Waals surface area contributed by atoms with Crippen molar-refractivity contribution >= 4 is 23.0 Å². The van der Waals surface area contributed by atoms with Crippen molar-refractivity contribution in [2.24, 2.45) is 0 Å². The lowest BCUT2D eigenvalue weighted by atomic mass is 9.81. The molecular formula is C22H24N4O3S. The molecule has 5 rings (SSSR count). The molecule has 0 spiro atoms. The molecule has 0 amide bonds. The van der Waals surface area contributed by atoms with Gasteiger partial charge in [-0.1, -0.05) is 6.07 Å². The minimum atomic E-state index is -0.730. The monoisotopic (exact) mass is 424 g/mol. The van der Waals surface area contributed by atoms with Crippen molar-refractivity contribution in [3.8, 4) is 16.3 Å². The van der Waals surface area contributed by atoms with Gasteiger partial charge in [0.05, 0.1) is 18.1 Å². The minimum Gasteiger partial charge on any atom is -0.472 e. The molecule has 0 radical (unpaired) electrons. The molecule has 1 atom stereocenters. The van der Waals surface area contributed by atoms with E-state index >= 15 is 0 Å². The number of thiazole rings is 1. The van der Waals surface area contributed by atoms with Gasteiger partial charge in [-0.2, -0.15) is 4.98 Å². The van der Waals surface area contributed by atoms with Crippen LogP contribution >= 0.6 is 11.3 Å². The third-order valence-electron chi connectivity index (χ3n) is 5.51. The fourth-order valence-corrected chi connectivity index (χ4v) is 4.77. The molecule has 3 heterocycles. The van der Waals surface area contributed by atoms with E-state index in [2.05, 4.69) is 39.3 Å². The van der Waals surface area contributed by atoms with Crippen LogP contribution in [0.4, 0.5) is 11.6 Å². The van der Waals surface area contributed by atoms with Gasteiger partial charge in [0, 0.05) is 30.6 Å². The molecule has 1 unspecified atom stereocenters. The van der Waals surface area contributed by atoms with E-state index < -0.39 is 5.60 Å². The first-order valence-electron chi connectivity index (χ1n) is 10.2. The summed E-state index contributed by atoms with van der Waals surface area (Å²) in [5, 5.41) is 14.7. The second kappa shape index (κ2) is 7.94. The molecule has 1 saturated carbocycles. The van der Waals surface area contributed by atoms with Crippen molar-refractivity contribution in [2.45, 2.75) is 44.3 Å². The van der Waals surface area contributed by atoms with Crippen molar-refractivity contribution in [1.29, 1.82) is 0 Å². The van der Waals surface area contributed by atoms with E-state index in [1.54, 1.807) is 23.6 Å². The summed E-state index contributed by atoms with van der Waals surface area (Å²) in [5.74, 6) is 1.02. The van der Waals surface area contributed by atoms with E-state index in [1.807, 2.05) is 12.3 Å². The number of hydrogen-bond donors (Lipinski definition) is 2. The summed E-state index contributed by atoms with van der Waals surface area (Å²) in [6.45, 7) is 3.38. The van der Waals surface area contributed by atoms with Crippen LogP contribution < -0.4 is 10.1 Å². The van der Waals surface area contributed by atoms with Crippen LogP contribution in [0.3, 0.4) is 0 Å². The fraction of sp³-hybridized carbons (Fsp3) is 0.409. The summed E-state index contributed by atoms with van der Waals surface area (Å²) in [4.78, 5) is 14.3. The molecule has 30 heavy (non-hydrogen) atoms. The van der Waals surface area contributed by atoms with Gasteiger partial charge in [0.25, 0.3) is 0 Å². The molecule has 2 fully saturated rings. The first-order chi connectivity index (χ1) is 14.6. The SMILES string of the molecule is Cc1cc(Nc2nccc(OC3CCOC3)n2)cc(-c2cnc(C3(O)CCC3)s2)c1. The lowest BCUT2D eigenvalue weighted by Crippen LogP contribution is -2.33. The highest BCUT2D eigenvalue weighted by atomic mass is 32.1. The van der Waals surface area contributed by atoms with Crippen LogP contribution in [0.25, 0.3) is 10.4 Å². The van der Waals surface area contributed by atoms with Gasteiger partial charge in [0.2, 0.25) is 11.8 Å². The summed E-state index contributed by atoms with van der Waals surface area (Å²) >= 11 is 1.56. The smallest absolute Gasteiger partial charge is 0.230 e. The molecule has 2 aromatic heterocycles. The minimum absolute atomic E-state index is 0.0457. The Morgan fingerprint density at radius 2 is 2.17 bits per heavy atom. The lowest BCUT2D eigenvalue weighted by molar-refractivity contribution is -0.0389. The van der Waals surface area contributed by atoms with Crippen LogP contribution in [0.2, 0.25) is 0 Å². The summed E-state index contributed by atoms with van der Waals surface area (Å²) in [6.07, 6.45) is 7.10. The normalized spacial score (nSPS) is 20.0. The largest absolute Gasteiger partial charge is 0.472 e. The van der Waals surface area contributed by atoms with Crippen molar-refractivity contribution in [3.63, 3.8) is 0 Å². The predicted molar refractivity (Wildman–Crippen MR) is 115 cm³/mol. The number of nitrogens with zero attached hydrogens (tertiary/aromatic N) is 3. The number of anilines is 2. The Morgan fingerprint density at radius 3 is 2.93 bits per heavy atom. The van der Waals surface area contributed by atoms with Gasteiger partial charge in [0.15, 0.2) is 0 Å². The highest BCUT2D eigenvalue weighted by Gasteiger charge is 2.39. The van der Waals surface area contributed by atoms with E-state index in [0.29, 0.717) is 18.4 Å². The van der Waals surface area contributed by atoms with Crippen LogP contribution in [0.5, 0.6) is 5.88 Å². The number of hydrogen-bond acceptors (Lipinski definition) is 8. The fourth-order valence-electron chi connectivity index (χ4n) is 3.72. The van der Waals surface area contributed by atoms with Gasteiger partial charge in [-0.25, -0.2) is 9.97 Å². The molecule has 3 aromatic rings. The van der Waals surface area contributed by atoms with Gasteiger partial charge in [-0.3, -0.25) is 0 Å². The Labute approximate surface area is 179 Å². The maximum Gasteiger partial charge on any atom is 0.230 e. The highest BCUT2D eigenvalue weighted by molar-refractivity contribution is 7.15. The number of aliphatic hydroxyl groups is 1. The predicted octanol–water partition coefficient (Wildman–Crippen LogP) is 4.19. The molecule has 156 valence electrons. The highest BCUT2D eigenvalue weighted by Crippen LogP contribution is 2.44. The number of aromatic nitrogens is 3. The molecule has 8 heteroatoms. The molecule has 1 saturated heterocycles. The molecule has 0 bridgehead atoms. The Bertz CT molecular complexity index is 1040. The van der Waals surface area contributed by atoms with Gasteiger partial charge >= 0.3 is 0 Å². The molecule has 1 aliphatic carbocycles. The van der Waals surface area contributed by atoms with Crippen LogP contribution in [0, 0.1) is 6.92 Å². The number of benzene rings is 1. The van der Waals surface area contributed by atoms with E-state index in [1.165, 1.54) is 0 Å². The van der Waals surface area contributed by atoms with Crippen molar-refractivity contribution in [2.75, 3.05) is 18.5 Å². The summed E-state index contributed by atoms with van der Waals surface area (Å²) in [6, 6.07) is 7.98. The quantitative estimate of drug-likeness (QED) is 0.613. The molecule has 1 aliphatic heterocycles. The third-order valence-corrected chi connectivity index (χ3v) is 6.75. The first-order valence-corrected chi connectivity index (χ1v) is 11.0. The summed E-state index contributed by atoms with van der Waals surface area (Å²) in [5.41, 5.74) is 2.33. The van der Waals surface area contributed by atoms with Gasteiger partial charge < -0.3 is 19.9 Å². The van der Waals surface area contributed by atoms with E-state index in [4.69, 9.17) is 9.47 Å². The average Bonchev–Trinajstić information content (AvgIpc) is 3.38. The summed E-state index contributed by atoms with van der Waals surface area (Å²) < 4.78 is 11.2. The number of rotatable bonds is 6. The van der Waals surface area contributed by atoms with Crippen LogP contribution in [0.15, 0.2) is 36.7 Å². The van der Waals surface area contributed by atoms with Gasteiger partial charge in [-0.15, -0.1) is 11.3 Å². The zero-order valence-electron chi connectivity index (χ0n) is 16.8. The lowest BCUT2D eigenvalue weighted by Gasteiger charge is -2.34. The zero-order valence-corrected chi connectivity index (χ0v) is 17.6. The van der Waals surface area contributed by atoms with Crippen LogP contribution in [-0.4, -0.2) is 39.4 Å². The number of nitrogens with one attached hydrogen (secondary N) is 1. The molecule has 2 aliphatic rings. The van der Waals surface area contributed by atoms with E-state index in [9.17, 15) is 5.11 Å². The third kappa shape index (κ3) is 4.03. The molecule has 2 N–H and O–H groups in total. The average molecular weight is 425 g/mol. The Balaban J connectivity index is 1.35. The first kappa shape index (κ1) is 19.4. The molecule has 7 nitrogen and oxygen atoms in total. The van der Waals surface area contributed by atoms with E-state index in [-0.39, 0.29) is 6.10 Å². The second-order valence-corrected chi connectivity index (χ2v) is 8.98. The Morgan fingerprint density at radius 1 is 1.27 bits per heavy atom. The maximum atomic E-state index is 10.6. The molecule has 1 aromatic carbocycles. The number of aryl methyl sites for hydroxylation is 1. The second-order valence-electron chi connectivity index (χ2n) is 7.95. The molecular weight excluding hydrogens is 400 g/mol. The van der Waals surface area contributed by atoms with Crippen LogP contribution in [0.1, 0.15) is 36.3 Å². The Hall–Kier alpha value is -2.55. The topological polar surface area (TPSA) is 89.4 Å². The van der Waals surface area contributed by atoms with Gasteiger partial charge in [-0.05, 0) is 49.4 Å². The van der Waals surface area contributed by atoms with Crippen molar-refractivity contribution < 1.29 is 14.6 Å². The van der Waals surface area contributed by atoms with Gasteiger partial charge in [0.1, 0.15) is 16.7 Å². The van der Waals surface area contributed by atoms with Crippen molar-refractivity contribution in [3.05, 3.63) is 47.2 Å². The number of ether oxygens (including phenoxy) is 2. The zero-order chi connectivity index (χ0) is 20.6. The standard InChI is InChI=1S/C22H24N4O3S/c1-14-9-15(18-12-24-20(30-18)22(27)5-2-6-22)11-16(10-14)25-21-23-7-3-19(26-21)29-17-4-8-28-13-17/h3,7,9-12,17,27H,2,4-6,8,13H2,1H3,(H,23,25,26). The van der Waals surface area contributed by atoms with Crippen LogP contribution in [-0.2, 0) is 10.3 Å². The van der Waals surface area contributed by atoms with Crippen molar-refractivity contribution in [1.82, 2.24) is 15.0 Å². The summed E-state index contributed by atoms with van der Waals surface area (Å²) in [7, 11) is 0. The Kier molecular flexibility index (Phi) is 5.14.